The minimum atomic E-state index is -4.13. The Morgan fingerprint density at radius 1 is 0.946 bits per heavy atom. The number of likely N-dealkylation sites (N-methyl/N-ethyl adjacent to an activating group) is 1. The maximum absolute atomic E-state index is 13.9. The smallest absolute Gasteiger partial charge is 0.264 e. The number of hydrogen-bond donors (Lipinski definition) is 1. The topological polar surface area (TPSA) is 86.8 Å². The predicted molar refractivity (Wildman–Crippen MR) is 147 cm³/mol. The van der Waals surface area contributed by atoms with Gasteiger partial charge in [-0.1, -0.05) is 73.1 Å². The Balaban J connectivity index is 2.08. The highest BCUT2D eigenvalue weighted by molar-refractivity contribution is 7.92. The Hall–Kier alpha value is -3.36. The summed E-state index contributed by atoms with van der Waals surface area (Å²) in [5, 5.41) is 3.14. The molecule has 0 fully saturated rings. The summed E-state index contributed by atoms with van der Waals surface area (Å²) in [6.45, 7) is 5.47. The van der Waals surface area contributed by atoms with Crippen LogP contribution in [0.15, 0.2) is 83.8 Å². The molecule has 0 saturated carbocycles. The first kappa shape index (κ1) is 28.2. The lowest BCUT2D eigenvalue weighted by Gasteiger charge is -2.33. The molecular formula is C28H32ClN3O4S. The fourth-order valence-electron chi connectivity index (χ4n) is 4.08. The molecule has 7 nitrogen and oxygen atoms in total. The number of carbonyl (C=O) groups is 2. The van der Waals surface area contributed by atoms with Crippen LogP contribution in [0.2, 0.25) is 5.02 Å². The van der Waals surface area contributed by atoms with Crippen molar-refractivity contribution in [1.82, 2.24) is 10.2 Å². The average molecular weight is 542 g/mol. The van der Waals surface area contributed by atoms with Crippen LogP contribution in [0.3, 0.4) is 0 Å². The SMILES string of the molecule is CCNC(=O)[C@H](CC)N(Cc1ccccc1)C(=O)CN(c1cc(Cl)ccc1C)S(=O)(=O)c1ccccc1. The van der Waals surface area contributed by atoms with Gasteiger partial charge in [-0.25, -0.2) is 8.42 Å². The second-order valence-electron chi connectivity index (χ2n) is 8.58. The van der Waals surface area contributed by atoms with Crippen LogP contribution in [0.5, 0.6) is 0 Å². The molecule has 0 bridgehead atoms. The third-order valence-corrected chi connectivity index (χ3v) is 7.99. The number of sulfonamides is 1. The zero-order valence-electron chi connectivity index (χ0n) is 21.2. The highest BCUT2D eigenvalue weighted by Gasteiger charge is 2.34. The van der Waals surface area contributed by atoms with Gasteiger partial charge in [-0.15, -0.1) is 0 Å². The van der Waals surface area contributed by atoms with Gasteiger partial charge in [-0.2, -0.15) is 0 Å². The number of nitrogens with one attached hydrogen (secondary N) is 1. The van der Waals surface area contributed by atoms with Crippen LogP contribution in [-0.4, -0.2) is 44.3 Å². The van der Waals surface area contributed by atoms with Crippen molar-refractivity contribution in [3.05, 3.63) is 95.0 Å². The second kappa shape index (κ2) is 12.7. The summed E-state index contributed by atoms with van der Waals surface area (Å²) in [7, 11) is -4.13. The summed E-state index contributed by atoms with van der Waals surface area (Å²) >= 11 is 6.24. The van der Waals surface area contributed by atoms with Gasteiger partial charge in [-0.3, -0.25) is 13.9 Å². The lowest BCUT2D eigenvalue weighted by molar-refractivity contribution is -0.140. The van der Waals surface area contributed by atoms with Gasteiger partial charge in [0.05, 0.1) is 10.6 Å². The third kappa shape index (κ3) is 6.90. The van der Waals surface area contributed by atoms with Crippen molar-refractivity contribution in [1.29, 1.82) is 0 Å². The van der Waals surface area contributed by atoms with Crippen molar-refractivity contribution in [3.8, 4) is 0 Å². The average Bonchev–Trinajstić information content (AvgIpc) is 2.89. The summed E-state index contributed by atoms with van der Waals surface area (Å²) in [4.78, 5) is 28.4. The molecule has 37 heavy (non-hydrogen) atoms. The quantitative estimate of drug-likeness (QED) is 0.378. The number of hydrogen-bond acceptors (Lipinski definition) is 4. The number of aryl methyl sites for hydroxylation is 1. The molecule has 0 aliphatic rings. The van der Waals surface area contributed by atoms with Crippen LogP contribution in [0.1, 0.15) is 31.4 Å². The second-order valence-corrected chi connectivity index (χ2v) is 10.9. The van der Waals surface area contributed by atoms with Gasteiger partial charge >= 0.3 is 0 Å². The molecule has 0 aliphatic carbocycles. The van der Waals surface area contributed by atoms with Crippen LogP contribution in [0.4, 0.5) is 5.69 Å². The molecular weight excluding hydrogens is 510 g/mol. The summed E-state index contributed by atoms with van der Waals surface area (Å²) < 4.78 is 28.7. The van der Waals surface area contributed by atoms with Crippen LogP contribution in [0, 0.1) is 6.92 Å². The van der Waals surface area contributed by atoms with Crippen molar-refractivity contribution in [2.45, 2.75) is 44.7 Å². The first-order valence-corrected chi connectivity index (χ1v) is 14.0. The van der Waals surface area contributed by atoms with E-state index >= 15 is 0 Å². The zero-order chi connectivity index (χ0) is 27.0. The number of carbonyl (C=O) groups excluding carboxylic acids is 2. The maximum atomic E-state index is 13.9. The Morgan fingerprint density at radius 3 is 2.16 bits per heavy atom. The maximum Gasteiger partial charge on any atom is 0.264 e. The highest BCUT2D eigenvalue weighted by atomic mass is 35.5. The molecule has 0 heterocycles. The molecule has 0 spiro atoms. The minimum absolute atomic E-state index is 0.0487. The van der Waals surface area contributed by atoms with Gasteiger partial charge in [0.15, 0.2) is 0 Å². The molecule has 1 atom stereocenters. The molecule has 0 saturated heterocycles. The normalized spacial score (nSPS) is 12.0. The van der Waals surface area contributed by atoms with Crippen molar-refractivity contribution < 1.29 is 18.0 Å². The lowest BCUT2D eigenvalue weighted by atomic mass is 10.1. The zero-order valence-corrected chi connectivity index (χ0v) is 22.8. The number of anilines is 1. The molecule has 3 aromatic rings. The monoisotopic (exact) mass is 541 g/mol. The van der Waals surface area contributed by atoms with Gasteiger partial charge < -0.3 is 10.2 Å². The van der Waals surface area contributed by atoms with Crippen LogP contribution >= 0.6 is 11.6 Å². The molecule has 9 heteroatoms. The van der Waals surface area contributed by atoms with Crippen LogP contribution < -0.4 is 9.62 Å². The number of benzene rings is 3. The van der Waals surface area contributed by atoms with Crippen molar-refractivity contribution in [2.24, 2.45) is 0 Å². The molecule has 0 unspecified atom stereocenters. The van der Waals surface area contributed by atoms with Crippen molar-refractivity contribution >= 4 is 39.1 Å². The van der Waals surface area contributed by atoms with E-state index in [9.17, 15) is 18.0 Å². The van der Waals surface area contributed by atoms with Gasteiger partial charge in [0.25, 0.3) is 10.0 Å². The largest absolute Gasteiger partial charge is 0.355 e. The van der Waals surface area contributed by atoms with E-state index in [-0.39, 0.29) is 17.3 Å². The molecule has 3 aromatic carbocycles. The Bertz CT molecular complexity index is 1320. The molecule has 0 aliphatic heterocycles. The van der Waals surface area contributed by atoms with E-state index < -0.39 is 28.5 Å². The van der Waals surface area contributed by atoms with E-state index in [0.29, 0.717) is 29.2 Å². The Kier molecular flexibility index (Phi) is 9.72. The number of rotatable bonds is 11. The molecule has 196 valence electrons. The van der Waals surface area contributed by atoms with Crippen LogP contribution in [0.25, 0.3) is 0 Å². The van der Waals surface area contributed by atoms with E-state index in [1.165, 1.54) is 23.1 Å². The van der Waals surface area contributed by atoms with E-state index in [4.69, 9.17) is 11.6 Å². The van der Waals surface area contributed by atoms with Gasteiger partial charge in [0.2, 0.25) is 11.8 Å². The highest BCUT2D eigenvalue weighted by Crippen LogP contribution is 2.30. The van der Waals surface area contributed by atoms with Crippen molar-refractivity contribution in [2.75, 3.05) is 17.4 Å². The minimum Gasteiger partial charge on any atom is -0.355 e. The molecule has 0 aromatic heterocycles. The summed E-state index contributed by atoms with van der Waals surface area (Å²) in [6.07, 6.45) is 0.367. The summed E-state index contributed by atoms with van der Waals surface area (Å²) in [5.74, 6) is -0.786. The lowest BCUT2D eigenvalue weighted by Crippen LogP contribution is -2.52. The van der Waals surface area contributed by atoms with Crippen molar-refractivity contribution in [3.63, 3.8) is 0 Å². The summed E-state index contributed by atoms with van der Waals surface area (Å²) in [6, 6.07) is 21.4. The molecule has 1 N–H and O–H groups in total. The Labute approximate surface area is 224 Å². The number of nitrogens with zero attached hydrogens (tertiary/aromatic N) is 2. The molecule has 2 amide bonds. The first-order valence-electron chi connectivity index (χ1n) is 12.1. The standard InChI is InChI=1S/C28H32ClN3O4S/c1-4-25(28(34)30-5-2)31(19-22-12-8-6-9-13-22)27(33)20-32(26-18-23(29)17-16-21(26)3)37(35,36)24-14-10-7-11-15-24/h6-18,25H,4-5,19-20H2,1-3H3,(H,30,34)/t25-/m0/s1. The Morgan fingerprint density at radius 2 is 1.57 bits per heavy atom. The van der Waals surface area contributed by atoms with Gasteiger partial charge in [0.1, 0.15) is 12.6 Å². The van der Waals surface area contributed by atoms with Gasteiger partial charge in [-0.05, 0) is 55.7 Å². The van der Waals surface area contributed by atoms with Crippen LogP contribution in [-0.2, 0) is 26.2 Å². The predicted octanol–water partition coefficient (Wildman–Crippen LogP) is 4.79. The van der Waals surface area contributed by atoms with E-state index in [2.05, 4.69) is 5.32 Å². The number of amides is 2. The van der Waals surface area contributed by atoms with E-state index in [1.54, 1.807) is 37.3 Å². The van der Waals surface area contributed by atoms with E-state index in [1.807, 2.05) is 44.2 Å². The molecule has 3 rings (SSSR count). The summed E-state index contributed by atoms with van der Waals surface area (Å²) in [5.41, 5.74) is 1.77. The first-order chi connectivity index (χ1) is 17.7. The van der Waals surface area contributed by atoms with E-state index in [0.717, 1.165) is 9.87 Å². The molecule has 0 radical (unpaired) electrons. The fraction of sp³-hybridized carbons (Fsp3) is 0.286. The van der Waals surface area contributed by atoms with Gasteiger partial charge in [0, 0.05) is 18.1 Å². The number of halogens is 1. The fourth-order valence-corrected chi connectivity index (χ4v) is 5.73. The third-order valence-electron chi connectivity index (χ3n) is 5.98.